The number of nitrogens with one attached hydrogen (secondary N) is 1. The number of amides is 1. The Hall–Kier alpha value is -1.97. The molecule has 0 aliphatic carbocycles. The number of benzene rings is 1. The van der Waals surface area contributed by atoms with Gasteiger partial charge in [-0.2, -0.15) is 0 Å². The summed E-state index contributed by atoms with van der Waals surface area (Å²) in [4.78, 5) is 24.8. The lowest BCUT2D eigenvalue weighted by Crippen LogP contribution is -2.46. The summed E-state index contributed by atoms with van der Waals surface area (Å²) >= 11 is 0. The molecule has 1 fully saturated rings. The van der Waals surface area contributed by atoms with Crippen molar-refractivity contribution < 1.29 is 27.9 Å². The van der Waals surface area contributed by atoms with Crippen molar-refractivity contribution in [2.75, 3.05) is 26.7 Å². The zero-order valence-corrected chi connectivity index (χ0v) is 14.8. The first-order chi connectivity index (χ1) is 11.8. The van der Waals surface area contributed by atoms with E-state index in [2.05, 4.69) is 4.72 Å². The van der Waals surface area contributed by atoms with Crippen LogP contribution in [0.4, 0.5) is 0 Å². The van der Waals surface area contributed by atoms with Crippen LogP contribution in [-0.2, 0) is 30.8 Å². The van der Waals surface area contributed by atoms with Gasteiger partial charge in [-0.25, -0.2) is 13.1 Å². The maximum absolute atomic E-state index is 12.3. The van der Waals surface area contributed by atoms with Crippen molar-refractivity contribution in [3.8, 4) is 0 Å². The summed E-state index contributed by atoms with van der Waals surface area (Å²) < 4.78 is 30.9. The molecule has 0 aromatic heterocycles. The van der Waals surface area contributed by atoms with E-state index in [1.165, 1.54) is 19.2 Å². The highest BCUT2D eigenvalue weighted by molar-refractivity contribution is 7.89. The number of rotatable bonds is 7. The van der Waals surface area contributed by atoms with Gasteiger partial charge in [0.1, 0.15) is 0 Å². The summed E-state index contributed by atoms with van der Waals surface area (Å²) in [5.41, 5.74) is 0.860. The molecule has 1 aromatic carbocycles. The fourth-order valence-electron chi connectivity index (χ4n) is 2.63. The number of aliphatic carboxylic acids is 1. The average Bonchev–Trinajstić information content (AvgIpc) is 2.59. The summed E-state index contributed by atoms with van der Waals surface area (Å²) in [5.74, 6) is -1.01. The van der Waals surface area contributed by atoms with Gasteiger partial charge >= 0.3 is 5.97 Å². The fraction of sp³-hybridized carbons (Fsp3) is 0.500. The first-order valence-corrected chi connectivity index (χ1v) is 9.44. The largest absolute Gasteiger partial charge is 0.481 e. The molecule has 2 rings (SSSR count). The maximum Gasteiger partial charge on any atom is 0.306 e. The number of morpholine rings is 1. The number of sulfonamides is 1. The molecular formula is C16H22N2O6S. The molecule has 0 spiro atoms. The molecule has 1 saturated heterocycles. The summed E-state index contributed by atoms with van der Waals surface area (Å²) in [6.07, 6.45) is 0.171. The molecule has 1 aliphatic heterocycles. The maximum atomic E-state index is 12.3. The van der Waals surface area contributed by atoms with Crippen LogP contribution in [0, 0.1) is 0 Å². The van der Waals surface area contributed by atoms with Crippen LogP contribution in [-0.4, -0.2) is 63.1 Å². The fourth-order valence-corrected chi connectivity index (χ4v) is 3.36. The monoisotopic (exact) mass is 370 g/mol. The SMILES string of the molecule is CNS(=O)(=O)c1ccc(CCC(=O)N2CCO[C@@H](CC(=O)O)C2)cc1. The Morgan fingerprint density at radius 2 is 2.00 bits per heavy atom. The number of carboxylic acids is 1. The van der Waals surface area contributed by atoms with Crippen molar-refractivity contribution in [2.45, 2.75) is 30.3 Å². The molecule has 8 nitrogen and oxygen atoms in total. The number of aryl methyl sites for hydroxylation is 1. The third-order valence-corrected chi connectivity index (χ3v) is 5.45. The molecule has 1 atom stereocenters. The highest BCUT2D eigenvalue weighted by Gasteiger charge is 2.25. The molecule has 0 saturated carbocycles. The second-order valence-corrected chi connectivity index (χ2v) is 7.67. The van der Waals surface area contributed by atoms with Crippen LogP contribution in [0.3, 0.4) is 0 Å². The minimum absolute atomic E-state index is 0.0642. The Kier molecular flexibility index (Phi) is 6.51. The first kappa shape index (κ1) is 19.4. The van der Waals surface area contributed by atoms with E-state index in [1.807, 2.05) is 0 Å². The van der Waals surface area contributed by atoms with Gasteiger partial charge in [0.2, 0.25) is 15.9 Å². The lowest BCUT2D eigenvalue weighted by Gasteiger charge is -2.32. The van der Waals surface area contributed by atoms with Gasteiger partial charge in [-0.1, -0.05) is 12.1 Å². The molecule has 0 radical (unpaired) electrons. The molecule has 1 amide bonds. The first-order valence-electron chi connectivity index (χ1n) is 7.95. The minimum Gasteiger partial charge on any atom is -0.481 e. The zero-order chi connectivity index (χ0) is 18.4. The van der Waals surface area contributed by atoms with Gasteiger partial charge in [-0.3, -0.25) is 9.59 Å². The summed E-state index contributed by atoms with van der Waals surface area (Å²) in [6.45, 7) is 1.07. The molecule has 1 heterocycles. The number of hydrogen-bond donors (Lipinski definition) is 2. The molecule has 138 valence electrons. The molecule has 0 unspecified atom stereocenters. The molecular weight excluding hydrogens is 348 g/mol. The number of carbonyl (C=O) groups excluding carboxylic acids is 1. The number of nitrogens with zero attached hydrogens (tertiary/aromatic N) is 1. The molecule has 2 N–H and O–H groups in total. The van der Waals surface area contributed by atoms with Crippen LogP contribution in [0.25, 0.3) is 0 Å². The Morgan fingerprint density at radius 3 is 2.60 bits per heavy atom. The van der Waals surface area contributed by atoms with Crippen molar-refractivity contribution in [1.29, 1.82) is 0 Å². The van der Waals surface area contributed by atoms with Crippen LogP contribution in [0.2, 0.25) is 0 Å². The van der Waals surface area contributed by atoms with Gasteiger partial charge < -0.3 is 14.7 Å². The third kappa shape index (κ3) is 5.52. The Labute approximate surface area is 146 Å². The van der Waals surface area contributed by atoms with Crippen molar-refractivity contribution in [1.82, 2.24) is 9.62 Å². The van der Waals surface area contributed by atoms with Crippen molar-refractivity contribution >= 4 is 21.9 Å². The molecule has 9 heteroatoms. The van der Waals surface area contributed by atoms with E-state index in [0.717, 1.165) is 5.56 Å². The van der Waals surface area contributed by atoms with E-state index in [-0.39, 0.29) is 30.2 Å². The van der Waals surface area contributed by atoms with E-state index in [4.69, 9.17) is 9.84 Å². The minimum atomic E-state index is -3.47. The van der Waals surface area contributed by atoms with E-state index >= 15 is 0 Å². The molecule has 1 aromatic rings. The van der Waals surface area contributed by atoms with Gasteiger partial charge in [0.15, 0.2) is 0 Å². The van der Waals surface area contributed by atoms with Crippen molar-refractivity contribution in [2.24, 2.45) is 0 Å². The highest BCUT2D eigenvalue weighted by Crippen LogP contribution is 2.14. The standard InChI is InChI=1S/C16H22N2O6S/c1-17-25(22,23)14-5-2-12(3-6-14)4-7-15(19)18-8-9-24-13(11-18)10-16(20)21/h2-3,5-6,13,17H,4,7-11H2,1H3,(H,20,21)/t13-/m0/s1. The van der Waals surface area contributed by atoms with Crippen LogP contribution in [0.15, 0.2) is 29.2 Å². The molecule has 25 heavy (non-hydrogen) atoms. The normalized spacial score (nSPS) is 18.1. The Morgan fingerprint density at radius 1 is 1.32 bits per heavy atom. The third-order valence-electron chi connectivity index (χ3n) is 4.02. The molecule has 0 bridgehead atoms. The van der Waals surface area contributed by atoms with Crippen LogP contribution in [0.5, 0.6) is 0 Å². The van der Waals surface area contributed by atoms with E-state index in [1.54, 1.807) is 17.0 Å². The Bertz CT molecular complexity index is 717. The summed E-state index contributed by atoms with van der Waals surface area (Å²) in [6, 6.07) is 6.38. The Balaban J connectivity index is 1.88. The lowest BCUT2D eigenvalue weighted by atomic mass is 10.1. The van der Waals surface area contributed by atoms with Gasteiger partial charge in [-0.05, 0) is 31.2 Å². The quantitative estimate of drug-likeness (QED) is 0.710. The van der Waals surface area contributed by atoms with Gasteiger partial charge in [0, 0.05) is 19.5 Å². The lowest BCUT2D eigenvalue weighted by molar-refractivity contribution is -0.147. The number of hydrogen-bond acceptors (Lipinski definition) is 5. The predicted octanol–water partition coefficient (Wildman–Crippen LogP) is 0.229. The smallest absolute Gasteiger partial charge is 0.306 e. The zero-order valence-electron chi connectivity index (χ0n) is 14.0. The van der Waals surface area contributed by atoms with Crippen LogP contribution >= 0.6 is 0 Å². The van der Waals surface area contributed by atoms with Crippen LogP contribution in [0.1, 0.15) is 18.4 Å². The van der Waals surface area contributed by atoms with E-state index in [0.29, 0.717) is 19.6 Å². The van der Waals surface area contributed by atoms with Gasteiger partial charge in [-0.15, -0.1) is 0 Å². The highest BCUT2D eigenvalue weighted by atomic mass is 32.2. The second kappa shape index (κ2) is 8.41. The number of ether oxygens (including phenoxy) is 1. The van der Waals surface area contributed by atoms with E-state index in [9.17, 15) is 18.0 Å². The topological polar surface area (TPSA) is 113 Å². The van der Waals surface area contributed by atoms with Crippen LogP contribution < -0.4 is 4.72 Å². The second-order valence-electron chi connectivity index (χ2n) is 5.78. The summed E-state index contributed by atoms with van der Waals surface area (Å²) in [5, 5.41) is 8.81. The van der Waals surface area contributed by atoms with Crippen molar-refractivity contribution in [3.05, 3.63) is 29.8 Å². The van der Waals surface area contributed by atoms with E-state index < -0.39 is 22.1 Å². The van der Waals surface area contributed by atoms with Gasteiger partial charge in [0.25, 0.3) is 0 Å². The summed E-state index contributed by atoms with van der Waals surface area (Å²) in [7, 11) is -2.12. The van der Waals surface area contributed by atoms with Crippen molar-refractivity contribution in [3.63, 3.8) is 0 Å². The number of carbonyl (C=O) groups is 2. The molecule has 1 aliphatic rings. The van der Waals surface area contributed by atoms with Gasteiger partial charge in [0.05, 0.1) is 24.0 Å². The predicted molar refractivity (Wildman–Crippen MR) is 89.6 cm³/mol. The number of carboxylic acid groups (broad SMARTS) is 1. The average molecular weight is 370 g/mol.